The number of hydrogen-bond donors (Lipinski definition) is 2. The molecule has 0 radical (unpaired) electrons. The van der Waals surface area contributed by atoms with Crippen molar-refractivity contribution in [3.8, 4) is 17.2 Å². The molecule has 3 aromatic rings. The molecule has 0 heterocycles. The summed E-state index contributed by atoms with van der Waals surface area (Å²) in [6.07, 6.45) is 3.03. The SMILES string of the molecule is C=CC(C)OCCCCOC(=C)Oc1ccc(C(=O)Oc2ccc(C)c(CCC(=N)c3ccc(OC(=O)O)cc3)c2)cc1. The summed E-state index contributed by atoms with van der Waals surface area (Å²) in [5.41, 5.74) is 3.37. The normalized spacial score (nSPS) is 11.2. The number of hydrogen-bond acceptors (Lipinski definition) is 8. The largest absolute Gasteiger partial charge is 0.511 e. The molecule has 0 aliphatic carbocycles. The maximum absolute atomic E-state index is 12.8. The summed E-state index contributed by atoms with van der Waals surface area (Å²) in [6, 6.07) is 18.2. The molecule has 0 fully saturated rings. The maximum Gasteiger partial charge on any atom is 0.511 e. The van der Waals surface area contributed by atoms with Crippen molar-refractivity contribution >= 4 is 17.8 Å². The van der Waals surface area contributed by atoms with Crippen LogP contribution < -0.4 is 14.2 Å². The molecule has 1 atom stereocenters. The molecule has 226 valence electrons. The van der Waals surface area contributed by atoms with E-state index >= 15 is 0 Å². The summed E-state index contributed by atoms with van der Waals surface area (Å²) >= 11 is 0. The predicted molar refractivity (Wildman–Crippen MR) is 163 cm³/mol. The van der Waals surface area contributed by atoms with Gasteiger partial charge in [0.1, 0.15) is 17.2 Å². The number of carbonyl (C=O) groups is 2. The van der Waals surface area contributed by atoms with Crippen molar-refractivity contribution < 1.29 is 38.4 Å². The van der Waals surface area contributed by atoms with Crippen LogP contribution in [0.2, 0.25) is 0 Å². The molecule has 0 amide bonds. The van der Waals surface area contributed by atoms with Crippen LogP contribution in [0, 0.1) is 12.3 Å². The first-order valence-corrected chi connectivity index (χ1v) is 13.9. The monoisotopic (exact) mass is 587 g/mol. The fourth-order valence-corrected chi connectivity index (χ4v) is 3.92. The standard InChI is InChI=1S/C34H37NO8/c1-5-24(3)39-20-6-7-21-40-25(4)41-29-17-11-27(12-18-29)33(36)42-31-14-8-23(2)28(22-31)13-19-32(35)26-9-15-30(16-10-26)43-34(37)38/h5,8-12,14-18,22,24,35H,1,4,6-7,13,19-21H2,2-3H3,(H,37,38). The zero-order valence-corrected chi connectivity index (χ0v) is 24.5. The average Bonchev–Trinajstić information content (AvgIpc) is 2.99. The molecule has 9 nitrogen and oxygen atoms in total. The van der Waals surface area contributed by atoms with Gasteiger partial charge in [-0.25, -0.2) is 9.59 Å². The average molecular weight is 588 g/mol. The molecule has 3 aromatic carbocycles. The first-order chi connectivity index (χ1) is 20.6. The Morgan fingerprint density at radius 3 is 2.14 bits per heavy atom. The Labute approximate surface area is 251 Å². The van der Waals surface area contributed by atoms with Crippen LogP contribution >= 0.6 is 0 Å². The summed E-state index contributed by atoms with van der Waals surface area (Å²) in [6.45, 7) is 12.4. The van der Waals surface area contributed by atoms with Crippen molar-refractivity contribution in [2.24, 2.45) is 0 Å². The van der Waals surface area contributed by atoms with Crippen molar-refractivity contribution in [2.45, 2.75) is 45.6 Å². The zero-order chi connectivity index (χ0) is 31.2. The van der Waals surface area contributed by atoms with Gasteiger partial charge in [-0.1, -0.05) is 12.1 Å². The maximum atomic E-state index is 12.8. The van der Waals surface area contributed by atoms with Crippen molar-refractivity contribution in [1.82, 2.24) is 0 Å². The van der Waals surface area contributed by atoms with Gasteiger partial charge in [-0.05, 0) is 123 Å². The number of nitrogens with one attached hydrogen (secondary N) is 1. The predicted octanol–water partition coefficient (Wildman–Crippen LogP) is 7.51. The summed E-state index contributed by atoms with van der Waals surface area (Å²) in [7, 11) is 0. The molecule has 43 heavy (non-hydrogen) atoms. The van der Waals surface area contributed by atoms with Gasteiger partial charge in [0.2, 0.25) is 0 Å². The van der Waals surface area contributed by atoms with Gasteiger partial charge in [-0.3, -0.25) is 0 Å². The number of carboxylic acid groups (broad SMARTS) is 1. The van der Waals surface area contributed by atoms with E-state index in [1.54, 1.807) is 54.6 Å². The van der Waals surface area contributed by atoms with Crippen molar-refractivity contribution in [1.29, 1.82) is 5.41 Å². The fraction of sp³-hybridized carbons (Fsp3) is 0.265. The van der Waals surface area contributed by atoms with Crippen molar-refractivity contribution in [2.75, 3.05) is 13.2 Å². The summed E-state index contributed by atoms with van der Waals surface area (Å²) in [5.74, 6) is 0.729. The van der Waals surface area contributed by atoms with Crippen molar-refractivity contribution in [3.05, 3.63) is 114 Å². The topological polar surface area (TPSA) is 124 Å². The van der Waals surface area contributed by atoms with Crippen LogP contribution in [0.5, 0.6) is 17.2 Å². The molecule has 0 spiro atoms. The van der Waals surface area contributed by atoms with E-state index in [0.29, 0.717) is 54.4 Å². The third kappa shape index (κ3) is 11.1. The molecular weight excluding hydrogens is 550 g/mol. The van der Waals surface area contributed by atoms with Crippen LogP contribution in [0.15, 0.2) is 91.9 Å². The molecule has 0 aromatic heterocycles. The Morgan fingerprint density at radius 1 is 0.884 bits per heavy atom. The minimum atomic E-state index is -1.39. The van der Waals surface area contributed by atoms with Gasteiger partial charge in [0.05, 0.1) is 18.3 Å². The summed E-state index contributed by atoms with van der Waals surface area (Å²) < 4.78 is 26.9. The van der Waals surface area contributed by atoms with Crippen molar-refractivity contribution in [3.63, 3.8) is 0 Å². The lowest BCUT2D eigenvalue weighted by molar-refractivity contribution is 0.0733. The second kappa shape index (κ2) is 16.5. The van der Waals surface area contributed by atoms with Gasteiger partial charge in [0, 0.05) is 12.3 Å². The van der Waals surface area contributed by atoms with Crippen LogP contribution in [0.4, 0.5) is 4.79 Å². The molecule has 0 aliphatic rings. The van der Waals surface area contributed by atoms with Gasteiger partial charge < -0.3 is 34.2 Å². The van der Waals surface area contributed by atoms with Crippen LogP contribution in [0.25, 0.3) is 0 Å². The quantitative estimate of drug-likeness (QED) is 0.0316. The van der Waals surface area contributed by atoms with E-state index in [1.807, 2.05) is 19.9 Å². The van der Waals surface area contributed by atoms with Gasteiger partial charge >= 0.3 is 12.1 Å². The molecule has 3 rings (SSSR count). The number of unbranched alkanes of at least 4 members (excludes halogenated alkanes) is 1. The number of carbonyl (C=O) groups excluding carboxylic acids is 1. The number of esters is 1. The smallest absolute Gasteiger partial charge is 0.466 e. The third-order valence-corrected chi connectivity index (χ3v) is 6.42. The first-order valence-electron chi connectivity index (χ1n) is 13.9. The second-order valence-electron chi connectivity index (χ2n) is 9.71. The Hall–Kier alpha value is -4.89. The van der Waals surface area contributed by atoms with E-state index < -0.39 is 12.1 Å². The second-order valence-corrected chi connectivity index (χ2v) is 9.71. The molecule has 0 saturated carbocycles. The minimum Gasteiger partial charge on any atom is -0.466 e. The number of aryl methyl sites for hydroxylation is 2. The lowest BCUT2D eigenvalue weighted by Crippen LogP contribution is -2.09. The third-order valence-electron chi connectivity index (χ3n) is 6.42. The molecule has 1 unspecified atom stereocenters. The summed E-state index contributed by atoms with van der Waals surface area (Å²) in [5, 5.41) is 17.1. The number of ether oxygens (including phenoxy) is 5. The molecule has 0 saturated heterocycles. The zero-order valence-electron chi connectivity index (χ0n) is 24.5. The van der Waals surface area contributed by atoms with Crippen LogP contribution in [-0.2, 0) is 15.9 Å². The molecule has 0 bridgehead atoms. The van der Waals surface area contributed by atoms with Gasteiger partial charge in [0.15, 0.2) is 0 Å². The highest BCUT2D eigenvalue weighted by molar-refractivity contribution is 5.98. The van der Waals surface area contributed by atoms with E-state index in [1.165, 1.54) is 12.1 Å². The minimum absolute atomic E-state index is 0.0304. The van der Waals surface area contributed by atoms with Crippen LogP contribution in [0.3, 0.4) is 0 Å². The highest BCUT2D eigenvalue weighted by Crippen LogP contribution is 2.22. The molecule has 2 N–H and O–H groups in total. The van der Waals surface area contributed by atoms with Crippen LogP contribution in [-0.4, -0.2) is 42.3 Å². The van der Waals surface area contributed by atoms with Gasteiger partial charge in [-0.15, -0.1) is 6.58 Å². The lowest BCUT2D eigenvalue weighted by atomic mass is 9.99. The molecule has 9 heteroatoms. The first kappa shape index (κ1) is 32.6. The van der Waals surface area contributed by atoms with E-state index in [-0.39, 0.29) is 17.8 Å². The fourth-order valence-electron chi connectivity index (χ4n) is 3.92. The van der Waals surface area contributed by atoms with E-state index in [9.17, 15) is 9.59 Å². The highest BCUT2D eigenvalue weighted by atomic mass is 16.7. The Morgan fingerprint density at radius 2 is 1.49 bits per heavy atom. The molecular formula is C34H37NO8. The van der Waals surface area contributed by atoms with Crippen LogP contribution in [0.1, 0.15) is 53.2 Å². The van der Waals surface area contributed by atoms with E-state index in [2.05, 4.69) is 17.9 Å². The van der Waals surface area contributed by atoms with E-state index in [0.717, 1.165) is 24.0 Å². The van der Waals surface area contributed by atoms with E-state index in [4.69, 9.17) is 29.5 Å². The molecule has 0 aliphatic heterocycles. The Bertz CT molecular complexity index is 1410. The number of benzene rings is 3. The highest BCUT2D eigenvalue weighted by Gasteiger charge is 2.12. The Balaban J connectivity index is 1.46. The number of rotatable bonds is 17. The lowest BCUT2D eigenvalue weighted by Gasteiger charge is -2.12. The Kier molecular flexibility index (Phi) is 12.5. The van der Waals surface area contributed by atoms with Gasteiger partial charge in [0.25, 0.3) is 5.95 Å². The summed E-state index contributed by atoms with van der Waals surface area (Å²) in [4.78, 5) is 23.4. The van der Waals surface area contributed by atoms with Gasteiger partial charge in [-0.2, -0.15) is 0 Å².